The van der Waals surface area contributed by atoms with E-state index in [2.05, 4.69) is 107 Å². The molecule has 352 valence electrons. The quantitative estimate of drug-likeness (QED) is 0.184. The number of hydrogen-bond donors (Lipinski definition) is 2. The number of hydrogen-bond acceptors (Lipinski definition) is 8. The molecule has 4 aliphatic heterocycles. The highest BCUT2D eigenvalue weighted by Crippen LogP contribution is 2.32. The van der Waals surface area contributed by atoms with Gasteiger partial charge in [-0.15, -0.1) is 0 Å². The lowest BCUT2D eigenvalue weighted by Crippen LogP contribution is -2.40. The van der Waals surface area contributed by atoms with Crippen LogP contribution in [0.3, 0.4) is 0 Å². The van der Waals surface area contributed by atoms with Crippen LogP contribution in [0, 0.1) is 27.7 Å². The summed E-state index contributed by atoms with van der Waals surface area (Å²) in [6.45, 7) is 18.7. The van der Waals surface area contributed by atoms with Gasteiger partial charge in [0.1, 0.15) is 0 Å². The zero-order valence-electron chi connectivity index (χ0n) is 40.6. The summed E-state index contributed by atoms with van der Waals surface area (Å²) < 4.78 is 11.2. The molecule has 6 heterocycles. The molecule has 2 amide bonds. The van der Waals surface area contributed by atoms with E-state index in [-0.39, 0.29) is 11.8 Å². The molecule has 2 fully saturated rings. The first-order valence-corrected chi connectivity index (χ1v) is 24.9. The van der Waals surface area contributed by atoms with Crippen LogP contribution in [0.5, 0.6) is 0 Å². The molecule has 10 heteroatoms. The van der Waals surface area contributed by atoms with Gasteiger partial charge in [0.15, 0.2) is 0 Å². The molecule has 2 N–H and O–H groups in total. The Morgan fingerprint density at radius 2 is 0.985 bits per heavy atom. The lowest BCUT2D eigenvalue weighted by atomic mass is 9.97. The summed E-state index contributed by atoms with van der Waals surface area (Å²) in [4.78, 5) is 41.2. The molecule has 10 nitrogen and oxygen atoms in total. The molecule has 66 heavy (non-hydrogen) atoms. The third kappa shape index (κ3) is 12.2. The van der Waals surface area contributed by atoms with Crippen molar-refractivity contribution < 1.29 is 19.1 Å². The van der Waals surface area contributed by atoms with E-state index in [0.717, 1.165) is 173 Å². The van der Waals surface area contributed by atoms with Crippen molar-refractivity contribution in [2.75, 3.05) is 49.3 Å². The maximum Gasteiger partial charge on any atom is 0.251 e. The minimum atomic E-state index is -0.00606. The van der Waals surface area contributed by atoms with Gasteiger partial charge in [0.25, 0.3) is 11.8 Å². The number of nitrogens with zero attached hydrogens (tertiary/aromatic N) is 4. The lowest BCUT2D eigenvalue weighted by molar-refractivity contribution is 0.0845. The average Bonchev–Trinajstić information content (AvgIpc) is 3.34. The van der Waals surface area contributed by atoms with Crippen LogP contribution in [0.25, 0.3) is 0 Å². The van der Waals surface area contributed by atoms with Crippen molar-refractivity contribution in [3.05, 3.63) is 140 Å². The molecular formula is C56H74N6O4. The van der Waals surface area contributed by atoms with Gasteiger partial charge in [0.05, 0.1) is 0 Å². The van der Waals surface area contributed by atoms with Crippen LogP contribution in [-0.4, -0.2) is 73.4 Å². The topological polar surface area (TPSA) is 109 Å². The molecule has 0 bridgehead atoms. The average molecular weight is 895 g/mol. The maximum atomic E-state index is 13.4. The van der Waals surface area contributed by atoms with E-state index in [0.29, 0.717) is 25.2 Å². The Labute approximate surface area is 394 Å². The van der Waals surface area contributed by atoms with Gasteiger partial charge in [-0.25, -0.2) is 0 Å². The van der Waals surface area contributed by atoms with E-state index in [1.165, 1.54) is 22.5 Å². The highest BCUT2D eigenvalue weighted by Gasteiger charge is 2.27. The number of pyridine rings is 2. The SMILES string of the molecule is CCN(c1cccc2c1C/C=C/CCCc1cc(C)nc(C)c1CNC2=O)C1CCOCC1.CCN(c1cccc2c1C/C=C\CCCc1cc(C)nc(C)c1CNC2=O)C1CCOCC1. The summed E-state index contributed by atoms with van der Waals surface area (Å²) in [5.41, 5.74) is 15.2. The zero-order chi connectivity index (χ0) is 46.4. The predicted octanol–water partition coefficient (Wildman–Crippen LogP) is 10.1. The highest BCUT2D eigenvalue weighted by molar-refractivity contribution is 5.98. The standard InChI is InChI=1S/2C28H37N3O2/c2*1-4-31(23-14-16-33-17-15-23)27-13-9-12-25-24(27)11-8-6-5-7-10-22-18-20(2)30-21(3)26(22)19-29-28(25)32/h2*6,8-9,12-13,18,23H,4-5,7,10-11,14-17,19H2,1-3H3,(H,29,32)/b8-6+;8-6-. The van der Waals surface area contributed by atoms with Crippen molar-refractivity contribution in [2.45, 2.75) is 144 Å². The summed E-state index contributed by atoms with van der Waals surface area (Å²) in [7, 11) is 0. The number of aryl methyl sites for hydroxylation is 6. The number of carbonyl (C=O) groups excluding carboxylic acids is 2. The molecule has 0 radical (unpaired) electrons. The van der Waals surface area contributed by atoms with Gasteiger partial charge >= 0.3 is 0 Å². The molecule has 0 atom stereocenters. The molecule has 0 saturated carbocycles. The minimum Gasteiger partial charge on any atom is -0.381 e. The number of ether oxygens (including phenoxy) is 2. The normalized spacial score (nSPS) is 18.7. The second-order valence-electron chi connectivity index (χ2n) is 18.3. The van der Waals surface area contributed by atoms with Crippen LogP contribution >= 0.6 is 0 Å². The highest BCUT2D eigenvalue weighted by atomic mass is 16.5. The zero-order valence-corrected chi connectivity index (χ0v) is 40.6. The smallest absolute Gasteiger partial charge is 0.251 e. The molecule has 0 spiro atoms. The summed E-state index contributed by atoms with van der Waals surface area (Å²) in [6.07, 6.45) is 21.0. The number of aromatic nitrogens is 2. The Morgan fingerprint density at radius 3 is 1.38 bits per heavy atom. The van der Waals surface area contributed by atoms with Crippen LogP contribution in [0.4, 0.5) is 11.4 Å². The fourth-order valence-corrected chi connectivity index (χ4v) is 10.6. The minimum absolute atomic E-state index is 0.00606. The van der Waals surface area contributed by atoms with E-state index in [4.69, 9.17) is 9.47 Å². The number of nitrogens with one attached hydrogen (secondary N) is 2. The first-order chi connectivity index (χ1) is 32.2. The van der Waals surface area contributed by atoms with Crippen molar-refractivity contribution in [1.29, 1.82) is 0 Å². The fourth-order valence-electron chi connectivity index (χ4n) is 10.6. The summed E-state index contributed by atoms with van der Waals surface area (Å²) in [5.74, 6) is -0.0121. The summed E-state index contributed by atoms with van der Waals surface area (Å²) in [5, 5.41) is 6.43. The van der Waals surface area contributed by atoms with E-state index < -0.39 is 0 Å². The number of carbonyl (C=O) groups is 2. The number of fused-ring (bicyclic) bond motifs is 4. The van der Waals surface area contributed by atoms with Crippen molar-refractivity contribution >= 4 is 23.2 Å². The van der Waals surface area contributed by atoms with Gasteiger partial charge in [-0.1, -0.05) is 36.4 Å². The van der Waals surface area contributed by atoms with Crippen LogP contribution in [0.2, 0.25) is 0 Å². The van der Waals surface area contributed by atoms with Crippen molar-refractivity contribution in [3.63, 3.8) is 0 Å². The van der Waals surface area contributed by atoms with Gasteiger partial charge < -0.3 is 29.9 Å². The number of benzene rings is 2. The van der Waals surface area contributed by atoms with Crippen molar-refractivity contribution in [1.82, 2.24) is 20.6 Å². The Kier molecular flexibility index (Phi) is 17.6. The predicted molar refractivity (Wildman–Crippen MR) is 268 cm³/mol. The van der Waals surface area contributed by atoms with Crippen LogP contribution in [-0.2, 0) is 48.2 Å². The molecule has 2 saturated heterocycles. The molecular weight excluding hydrogens is 821 g/mol. The van der Waals surface area contributed by atoms with Gasteiger partial charge in [0, 0.05) is 110 Å². The third-order valence-corrected chi connectivity index (χ3v) is 13.9. The first kappa shape index (κ1) is 48.6. The molecule has 8 rings (SSSR count). The van der Waals surface area contributed by atoms with Gasteiger partial charge in [-0.05, 0) is 188 Å². The molecule has 4 aliphatic rings. The van der Waals surface area contributed by atoms with Gasteiger partial charge in [-0.3, -0.25) is 19.6 Å². The first-order valence-electron chi connectivity index (χ1n) is 24.9. The number of allylic oxidation sites excluding steroid dienone is 4. The molecule has 0 unspecified atom stereocenters. The third-order valence-electron chi connectivity index (χ3n) is 13.9. The molecule has 2 aromatic heterocycles. The largest absolute Gasteiger partial charge is 0.381 e. The van der Waals surface area contributed by atoms with Gasteiger partial charge in [-0.2, -0.15) is 0 Å². The Balaban J connectivity index is 0.000000196. The monoisotopic (exact) mass is 895 g/mol. The second kappa shape index (κ2) is 23.9. The molecule has 2 aromatic carbocycles. The van der Waals surface area contributed by atoms with E-state index in [1.54, 1.807) is 0 Å². The lowest BCUT2D eigenvalue weighted by Gasteiger charge is -2.37. The van der Waals surface area contributed by atoms with Gasteiger partial charge in [0.2, 0.25) is 0 Å². The van der Waals surface area contributed by atoms with E-state index in [9.17, 15) is 9.59 Å². The Hall–Kier alpha value is -5.32. The molecule has 4 aromatic rings. The Bertz CT molecular complexity index is 2180. The van der Waals surface area contributed by atoms with E-state index in [1.807, 2.05) is 38.1 Å². The number of amides is 2. The van der Waals surface area contributed by atoms with Crippen LogP contribution < -0.4 is 20.4 Å². The fraction of sp³-hybridized carbons (Fsp3) is 0.500. The summed E-state index contributed by atoms with van der Waals surface area (Å²) >= 11 is 0. The van der Waals surface area contributed by atoms with Crippen molar-refractivity contribution in [3.8, 4) is 0 Å². The number of anilines is 2. The summed E-state index contributed by atoms with van der Waals surface area (Å²) in [6, 6.07) is 17.6. The molecule has 0 aliphatic carbocycles. The van der Waals surface area contributed by atoms with Crippen LogP contribution in [0.1, 0.15) is 142 Å². The van der Waals surface area contributed by atoms with Crippen LogP contribution in [0.15, 0.2) is 72.8 Å². The second-order valence-corrected chi connectivity index (χ2v) is 18.3. The van der Waals surface area contributed by atoms with Crippen molar-refractivity contribution in [2.24, 2.45) is 0 Å². The van der Waals surface area contributed by atoms with E-state index >= 15 is 0 Å². The number of rotatable bonds is 6. The maximum absolute atomic E-state index is 13.4. The Morgan fingerprint density at radius 1 is 0.576 bits per heavy atom.